The predicted octanol–water partition coefficient (Wildman–Crippen LogP) is 2.83. The Hall–Kier alpha value is -0.230. The molecule has 0 radical (unpaired) electrons. The molecule has 1 aromatic heterocycles. The number of likely N-dealkylation sites (tertiary alicyclic amines) is 2. The van der Waals surface area contributed by atoms with E-state index in [4.69, 9.17) is 4.74 Å². The van der Waals surface area contributed by atoms with E-state index in [0.29, 0.717) is 23.1 Å². The normalized spacial score (nSPS) is 27.8. The Kier molecular flexibility index (Phi) is 6.85. The maximum absolute atomic E-state index is 12.2. The smallest absolute Gasteiger partial charge is 0.237 e. The van der Waals surface area contributed by atoms with Gasteiger partial charge in [0, 0.05) is 60.4 Å². The molecule has 9 heteroatoms. The Labute approximate surface area is 197 Å². The van der Waals surface area contributed by atoms with E-state index in [1.807, 2.05) is 11.3 Å². The number of hydrogen-bond acceptors (Lipinski definition) is 6. The van der Waals surface area contributed by atoms with Crippen LogP contribution in [-0.4, -0.2) is 72.5 Å². The topological polar surface area (TPSA) is 66.9 Å². The van der Waals surface area contributed by atoms with Gasteiger partial charge in [-0.1, -0.05) is 36.4 Å². The zero-order valence-corrected chi connectivity index (χ0v) is 21.5. The Morgan fingerprint density at radius 2 is 2.13 bits per heavy atom. The fourth-order valence-corrected chi connectivity index (χ4v) is 7.96. The second-order valence-corrected chi connectivity index (χ2v) is 13.7. The van der Waals surface area contributed by atoms with E-state index < -0.39 is 9.84 Å². The number of halogens is 1. The molecule has 2 atom stereocenters. The molecule has 1 amide bonds. The van der Waals surface area contributed by atoms with Crippen LogP contribution in [0.1, 0.15) is 42.0 Å². The van der Waals surface area contributed by atoms with E-state index in [9.17, 15) is 13.2 Å². The lowest BCUT2D eigenvalue weighted by Crippen LogP contribution is -2.57. The van der Waals surface area contributed by atoms with Gasteiger partial charge in [0.15, 0.2) is 9.84 Å². The van der Waals surface area contributed by atoms with Crippen molar-refractivity contribution in [2.75, 3.05) is 44.3 Å². The van der Waals surface area contributed by atoms with Crippen LogP contribution >= 0.6 is 33.9 Å². The SMILES string of the molecule is CCc1cc2c(s1)CCO[C@@]21CCN(CC2CN(C(=O)CS(=O)(=O)CC)C2)C(I)C1. The van der Waals surface area contributed by atoms with Crippen molar-refractivity contribution in [3.05, 3.63) is 21.4 Å². The molecule has 3 aliphatic rings. The van der Waals surface area contributed by atoms with Crippen LogP contribution in [0.2, 0.25) is 0 Å². The summed E-state index contributed by atoms with van der Waals surface area (Å²) in [5, 5.41) is 0. The Balaban J connectivity index is 1.32. The fourth-order valence-electron chi connectivity index (χ4n) is 4.80. The van der Waals surface area contributed by atoms with Crippen LogP contribution in [0.25, 0.3) is 0 Å². The molecule has 4 rings (SSSR count). The molecule has 2 saturated heterocycles. The summed E-state index contributed by atoms with van der Waals surface area (Å²) in [6.45, 7) is 7.94. The average Bonchev–Trinajstić information content (AvgIpc) is 3.10. The molecule has 0 saturated carbocycles. The zero-order valence-electron chi connectivity index (χ0n) is 17.7. The van der Waals surface area contributed by atoms with Gasteiger partial charge in [-0.15, -0.1) is 11.3 Å². The largest absolute Gasteiger partial charge is 0.370 e. The second-order valence-electron chi connectivity index (χ2n) is 8.72. The van der Waals surface area contributed by atoms with Crippen molar-refractivity contribution in [1.82, 2.24) is 9.80 Å². The highest BCUT2D eigenvalue weighted by atomic mass is 127. The minimum atomic E-state index is -3.25. The number of sulfone groups is 1. The molecule has 1 unspecified atom stereocenters. The van der Waals surface area contributed by atoms with E-state index in [0.717, 1.165) is 45.4 Å². The average molecular weight is 567 g/mol. The number of amides is 1. The summed E-state index contributed by atoms with van der Waals surface area (Å²) >= 11 is 4.51. The van der Waals surface area contributed by atoms with Gasteiger partial charge in [-0.25, -0.2) is 8.42 Å². The van der Waals surface area contributed by atoms with Crippen LogP contribution in [0.5, 0.6) is 0 Å². The summed E-state index contributed by atoms with van der Waals surface area (Å²) < 4.78 is 30.2. The second kappa shape index (κ2) is 8.96. The fraction of sp³-hybridized carbons (Fsp3) is 0.762. The summed E-state index contributed by atoms with van der Waals surface area (Å²) in [5.74, 6) is -0.142. The third-order valence-electron chi connectivity index (χ3n) is 6.69. The molecule has 0 N–H and O–H groups in total. The number of aryl methyl sites for hydroxylation is 1. The monoisotopic (exact) mass is 566 g/mol. The van der Waals surface area contributed by atoms with Crippen LogP contribution in [0.4, 0.5) is 0 Å². The number of carbonyl (C=O) groups is 1. The maximum Gasteiger partial charge on any atom is 0.237 e. The number of ether oxygens (including phenoxy) is 1. The van der Waals surface area contributed by atoms with E-state index in [-0.39, 0.29) is 23.0 Å². The third-order valence-corrected chi connectivity index (χ3v) is 10.8. The molecular weight excluding hydrogens is 535 g/mol. The van der Waals surface area contributed by atoms with Crippen molar-refractivity contribution in [3.8, 4) is 0 Å². The van der Waals surface area contributed by atoms with E-state index in [1.165, 1.54) is 15.3 Å². The minimum absolute atomic E-state index is 0.0235. The van der Waals surface area contributed by atoms with Gasteiger partial charge in [0.05, 0.1) is 16.3 Å². The Morgan fingerprint density at radius 1 is 1.37 bits per heavy atom. The van der Waals surface area contributed by atoms with E-state index in [1.54, 1.807) is 11.8 Å². The molecule has 0 aromatic carbocycles. The number of piperidine rings is 1. The van der Waals surface area contributed by atoms with Crippen LogP contribution < -0.4 is 0 Å². The van der Waals surface area contributed by atoms with Crippen molar-refractivity contribution >= 4 is 49.7 Å². The van der Waals surface area contributed by atoms with Gasteiger partial charge < -0.3 is 9.64 Å². The first kappa shape index (κ1) is 22.9. The molecule has 3 aliphatic heterocycles. The van der Waals surface area contributed by atoms with Gasteiger partial charge in [-0.3, -0.25) is 9.69 Å². The Morgan fingerprint density at radius 3 is 2.80 bits per heavy atom. The molecule has 168 valence electrons. The van der Waals surface area contributed by atoms with Crippen molar-refractivity contribution in [2.24, 2.45) is 5.92 Å². The summed E-state index contributed by atoms with van der Waals surface area (Å²) in [6.07, 6.45) is 4.15. The number of carbonyl (C=O) groups excluding carboxylic acids is 1. The Bertz CT molecular complexity index is 897. The summed E-state index contributed by atoms with van der Waals surface area (Å²) in [6, 6.07) is 2.39. The third kappa shape index (κ3) is 4.60. The van der Waals surface area contributed by atoms with Crippen molar-refractivity contribution < 1.29 is 17.9 Å². The molecule has 0 bridgehead atoms. The zero-order chi connectivity index (χ0) is 21.5. The summed E-state index contributed by atoms with van der Waals surface area (Å²) in [7, 11) is -3.25. The molecule has 1 aromatic rings. The first-order valence-electron chi connectivity index (χ1n) is 10.9. The van der Waals surface area contributed by atoms with Crippen molar-refractivity contribution in [2.45, 2.75) is 49.2 Å². The number of fused-ring (bicyclic) bond motifs is 2. The highest BCUT2D eigenvalue weighted by Gasteiger charge is 2.46. The summed E-state index contributed by atoms with van der Waals surface area (Å²) in [5.41, 5.74) is 1.31. The van der Waals surface area contributed by atoms with Gasteiger partial charge in [0.1, 0.15) is 5.75 Å². The molecule has 30 heavy (non-hydrogen) atoms. The first-order valence-corrected chi connectivity index (χ1v) is 14.8. The van der Waals surface area contributed by atoms with Gasteiger partial charge in [-0.05, 0) is 24.5 Å². The lowest BCUT2D eigenvalue weighted by atomic mass is 9.81. The van der Waals surface area contributed by atoms with Crippen LogP contribution in [0, 0.1) is 5.92 Å². The highest BCUT2D eigenvalue weighted by Crippen LogP contribution is 2.47. The minimum Gasteiger partial charge on any atom is -0.370 e. The number of rotatable bonds is 6. The lowest BCUT2D eigenvalue weighted by molar-refractivity contribution is -0.136. The standard InChI is InChI=1S/C21H31IN2O4S2/c1-3-16-9-17-18(29-16)5-8-28-21(17)6-7-23(19(22)10-21)11-15-12-24(13-15)20(25)14-30(26,27)4-2/h9,15,19H,3-8,10-14H2,1-2H3/t19?,21-/m1/s1. The van der Waals surface area contributed by atoms with Gasteiger partial charge in [0.25, 0.3) is 0 Å². The molecular formula is C21H31IN2O4S2. The molecule has 4 heterocycles. The quantitative estimate of drug-likeness (QED) is 0.301. The van der Waals surface area contributed by atoms with Crippen LogP contribution in [0.15, 0.2) is 6.07 Å². The molecule has 0 aliphatic carbocycles. The number of thiophene rings is 1. The van der Waals surface area contributed by atoms with Crippen LogP contribution in [-0.2, 0) is 37.8 Å². The predicted molar refractivity (Wildman–Crippen MR) is 128 cm³/mol. The van der Waals surface area contributed by atoms with E-state index >= 15 is 0 Å². The molecule has 1 spiro atoms. The van der Waals surface area contributed by atoms with E-state index in [2.05, 4.69) is 40.5 Å². The van der Waals surface area contributed by atoms with Crippen molar-refractivity contribution in [1.29, 1.82) is 0 Å². The van der Waals surface area contributed by atoms with Gasteiger partial charge in [0.2, 0.25) is 5.91 Å². The van der Waals surface area contributed by atoms with Crippen molar-refractivity contribution in [3.63, 3.8) is 0 Å². The summed E-state index contributed by atoms with van der Waals surface area (Å²) in [4.78, 5) is 19.4. The number of alkyl halides is 1. The highest BCUT2D eigenvalue weighted by molar-refractivity contribution is 14.1. The van der Waals surface area contributed by atoms with Crippen LogP contribution in [0.3, 0.4) is 0 Å². The lowest BCUT2D eigenvalue weighted by Gasteiger charge is -2.49. The van der Waals surface area contributed by atoms with Gasteiger partial charge >= 0.3 is 0 Å². The maximum atomic E-state index is 12.2. The number of nitrogens with zero attached hydrogens (tertiary/aromatic N) is 2. The first-order chi connectivity index (χ1) is 14.2. The molecule has 6 nitrogen and oxygen atoms in total. The molecule has 2 fully saturated rings. The number of hydrogen-bond donors (Lipinski definition) is 0. The van der Waals surface area contributed by atoms with Gasteiger partial charge in [-0.2, -0.15) is 0 Å².